The molecule has 17 heavy (non-hydrogen) atoms. The van der Waals surface area contributed by atoms with Crippen molar-refractivity contribution < 1.29 is 9.84 Å². The third-order valence-corrected chi connectivity index (χ3v) is 3.03. The molecule has 0 radical (unpaired) electrons. The molecule has 0 aliphatic carbocycles. The van der Waals surface area contributed by atoms with Crippen molar-refractivity contribution in [3.63, 3.8) is 0 Å². The third-order valence-electron chi connectivity index (χ3n) is 3.03. The second-order valence-corrected chi connectivity index (χ2v) is 4.56. The van der Waals surface area contributed by atoms with Gasteiger partial charge in [-0.15, -0.1) is 0 Å². The number of rotatable bonds is 2. The molecule has 2 atom stereocenters. The highest BCUT2D eigenvalue weighted by Gasteiger charge is 2.27. The van der Waals surface area contributed by atoms with Crippen molar-refractivity contribution in [3.8, 4) is 0 Å². The van der Waals surface area contributed by atoms with E-state index in [2.05, 4.69) is 21.8 Å². The number of nitrogens with zero attached hydrogens (tertiary/aromatic N) is 3. The highest BCUT2D eigenvalue weighted by Crippen LogP contribution is 2.22. The van der Waals surface area contributed by atoms with Gasteiger partial charge in [0.25, 0.3) is 0 Å². The fraction of sp³-hybridized carbons (Fsp3) is 0.667. The summed E-state index contributed by atoms with van der Waals surface area (Å²) in [5.74, 6) is 0.902. The summed E-state index contributed by atoms with van der Waals surface area (Å²) in [6.45, 7) is 7.30. The highest BCUT2D eigenvalue weighted by molar-refractivity contribution is 5.45. The Balaban J connectivity index is 2.27. The highest BCUT2D eigenvalue weighted by atomic mass is 16.5. The van der Waals surface area contributed by atoms with Crippen molar-refractivity contribution in [2.45, 2.75) is 32.9 Å². The van der Waals surface area contributed by atoms with E-state index < -0.39 is 0 Å². The van der Waals surface area contributed by atoms with Crippen LogP contribution in [0.2, 0.25) is 0 Å². The van der Waals surface area contributed by atoms with Crippen LogP contribution in [0, 0.1) is 13.8 Å². The fourth-order valence-electron chi connectivity index (χ4n) is 2.02. The van der Waals surface area contributed by atoms with Gasteiger partial charge >= 0.3 is 0 Å². The van der Waals surface area contributed by atoms with Gasteiger partial charge in [-0.1, -0.05) is 0 Å². The van der Waals surface area contributed by atoms with Gasteiger partial charge in [0.1, 0.15) is 0 Å². The van der Waals surface area contributed by atoms with Crippen LogP contribution < -0.4 is 4.90 Å². The van der Waals surface area contributed by atoms with Crippen LogP contribution in [-0.2, 0) is 4.74 Å². The lowest BCUT2D eigenvalue weighted by Gasteiger charge is -2.38. The van der Waals surface area contributed by atoms with Gasteiger partial charge in [0, 0.05) is 12.7 Å². The molecular weight excluding hydrogens is 218 g/mol. The fourth-order valence-corrected chi connectivity index (χ4v) is 2.02. The first-order chi connectivity index (χ1) is 8.11. The number of aromatic nitrogens is 2. The molecule has 2 unspecified atom stereocenters. The monoisotopic (exact) mass is 237 g/mol. The van der Waals surface area contributed by atoms with E-state index in [4.69, 9.17) is 4.74 Å². The summed E-state index contributed by atoms with van der Waals surface area (Å²) < 4.78 is 5.52. The van der Waals surface area contributed by atoms with Gasteiger partial charge in [0.05, 0.1) is 36.7 Å². The average molecular weight is 237 g/mol. The van der Waals surface area contributed by atoms with Crippen molar-refractivity contribution in [2.24, 2.45) is 0 Å². The molecule has 0 aromatic carbocycles. The molecule has 2 heterocycles. The van der Waals surface area contributed by atoms with Gasteiger partial charge in [-0.3, -0.25) is 4.98 Å². The van der Waals surface area contributed by atoms with Gasteiger partial charge in [0.2, 0.25) is 0 Å². The van der Waals surface area contributed by atoms with Crippen LogP contribution in [0.4, 0.5) is 5.82 Å². The first-order valence-corrected chi connectivity index (χ1v) is 5.91. The van der Waals surface area contributed by atoms with Gasteiger partial charge in [-0.05, 0) is 20.8 Å². The van der Waals surface area contributed by atoms with Gasteiger partial charge in [-0.2, -0.15) is 0 Å². The lowest BCUT2D eigenvalue weighted by atomic mass is 10.2. The smallest absolute Gasteiger partial charge is 0.150 e. The van der Waals surface area contributed by atoms with E-state index in [1.165, 1.54) is 0 Å². The molecule has 0 spiro atoms. The summed E-state index contributed by atoms with van der Waals surface area (Å²) in [4.78, 5) is 11.0. The van der Waals surface area contributed by atoms with E-state index in [1.54, 1.807) is 6.20 Å². The van der Waals surface area contributed by atoms with Gasteiger partial charge in [0.15, 0.2) is 5.82 Å². The lowest BCUT2D eigenvalue weighted by molar-refractivity contribution is -0.0106. The first kappa shape index (κ1) is 12.3. The molecule has 94 valence electrons. The number of aryl methyl sites for hydroxylation is 2. The zero-order chi connectivity index (χ0) is 12.4. The maximum Gasteiger partial charge on any atom is 0.150 e. The van der Waals surface area contributed by atoms with Gasteiger partial charge in [-0.25, -0.2) is 4.98 Å². The maximum atomic E-state index is 9.18. The van der Waals surface area contributed by atoms with E-state index in [0.717, 1.165) is 17.2 Å². The quantitative estimate of drug-likeness (QED) is 0.819. The lowest BCUT2D eigenvalue weighted by Crippen LogP contribution is -2.50. The first-order valence-electron chi connectivity index (χ1n) is 5.91. The Labute approximate surface area is 101 Å². The normalized spacial score (nSPS) is 25.1. The SMILES string of the molecule is Cc1cnc(C)c(N2CC(CO)OCC2C)n1. The zero-order valence-corrected chi connectivity index (χ0v) is 10.6. The minimum absolute atomic E-state index is 0.0432. The topological polar surface area (TPSA) is 58.5 Å². The summed E-state index contributed by atoms with van der Waals surface area (Å²) in [6, 6.07) is 0.257. The minimum atomic E-state index is -0.132. The van der Waals surface area contributed by atoms with Crippen LogP contribution in [0.25, 0.3) is 0 Å². The molecule has 1 aromatic rings. The van der Waals surface area contributed by atoms with Crippen LogP contribution >= 0.6 is 0 Å². The molecule has 1 saturated heterocycles. The summed E-state index contributed by atoms with van der Waals surface area (Å²) >= 11 is 0. The predicted octanol–water partition coefficient (Wildman–Crippen LogP) is 0.679. The standard InChI is InChI=1S/C12H19N3O2/c1-8-4-13-10(3)12(14-8)15-5-11(6-16)17-7-9(15)2/h4,9,11,16H,5-7H2,1-3H3. The molecular formula is C12H19N3O2. The maximum absolute atomic E-state index is 9.18. The molecule has 1 fully saturated rings. The van der Waals surface area contributed by atoms with E-state index in [0.29, 0.717) is 13.2 Å². The van der Waals surface area contributed by atoms with Crippen LogP contribution in [0.1, 0.15) is 18.3 Å². The van der Waals surface area contributed by atoms with E-state index in [1.807, 2.05) is 13.8 Å². The molecule has 1 aliphatic heterocycles. The van der Waals surface area contributed by atoms with Crippen molar-refractivity contribution in [3.05, 3.63) is 17.6 Å². The predicted molar refractivity (Wildman–Crippen MR) is 65.1 cm³/mol. The average Bonchev–Trinajstić information content (AvgIpc) is 2.33. The van der Waals surface area contributed by atoms with E-state index in [-0.39, 0.29) is 18.8 Å². The van der Waals surface area contributed by atoms with Crippen molar-refractivity contribution in [1.82, 2.24) is 9.97 Å². The Morgan fingerprint density at radius 2 is 2.29 bits per heavy atom. The Morgan fingerprint density at radius 1 is 1.53 bits per heavy atom. The molecule has 0 saturated carbocycles. The van der Waals surface area contributed by atoms with Gasteiger partial charge < -0.3 is 14.7 Å². The van der Waals surface area contributed by atoms with Crippen molar-refractivity contribution >= 4 is 5.82 Å². The zero-order valence-electron chi connectivity index (χ0n) is 10.6. The van der Waals surface area contributed by atoms with Crippen LogP contribution in [0.15, 0.2) is 6.20 Å². The van der Waals surface area contributed by atoms with Crippen LogP contribution in [0.5, 0.6) is 0 Å². The number of morpholine rings is 1. The van der Waals surface area contributed by atoms with Crippen LogP contribution in [-0.4, -0.2) is 47.0 Å². The number of hydrogen-bond donors (Lipinski definition) is 1. The largest absolute Gasteiger partial charge is 0.394 e. The summed E-state index contributed by atoms with van der Waals surface area (Å²) in [5, 5.41) is 9.18. The molecule has 0 amide bonds. The number of hydrogen-bond acceptors (Lipinski definition) is 5. The number of aliphatic hydroxyl groups is 1. The molecule has 1 aromatic heterocycles. The number of anilines is 1. The molecule has 2 rings (SSSR count). The Kier molecular flexibility index (Phi) is 3.59. The molecule has 0 bridgehead atoms. The number of ether oxygens (including phenoxy) is 1. The van der Waals surface area contributed by atoms with Crippen LogP contribution in [0.3, 0.4) is 0 Å². The Morgan fingerprint density at radius 3 is 3.00 bits per heavy atom. The molecule has 1 N–H and O–H groups in total. The molecule has 5 nitrogen and oxygen atoms in total. The Hall–Kier alpha value is -1.20. The number of aliphatic hydroxyl groups excluding tert-OH is 1. The summed E-state index contributed by atoms with van der Waals surface area (Å²) in [6.07, 6.45) is 1.64. The van der Waals surface area contributed by atoms with Crippen molar-refractivity contribution in [2.75, 3.05) is 24.7 Å². The second-order valence-electron chi connectivity index (χ2n) is 4.56. The van der Waals surface area contributed by atoms with Crippen molar-refractivity contribution in [1.29, 1.82) is 0 Å². The Bertz CT molecular complexity index is 397. The molecule has 1 aliphatic rings. The third kappa shape index (κ3) is 2.56. The summed E-state index contributed by atoms with van der Waals surface area (Å²) in [7, 11) is 0. The second kappa shape index (κ2) is 4.98. The molecule has 5 heteroatoms. The van der Waals surface area contributed by atoms with E-state index in [9.17, 15) is 5.11 Å². The summed E-state index contributed by atoms with van der Waals surface area (Å²) in [5.41, 5.74) is 1.82. The minimum Gasteiger partial charge on any atom is -0.394 e. The van der Waals surface area contributed by atoms with E-state index >= 15 is 0 Å².